The van der Waals surface area contributed by atoms with Gasteiger partial charge in [0.15, 0.2) is 5.16 Å². The fraction of sp³-hybridized carbons (Fsp3) is 0.226. The highest BCUT2D eigenvalue weighted by Gasteiger charge is 2.29. The van der Waals surface area contributed by atoms with Crippen molar-refractivity contribution in [3.05, 3.63) is 123 Å². The number of benzene rings is 3. The van der Waals surface area contributed by atoms with Crippen molar-refractivity contribution in [1.29, 1.82) is 0 Å². The maximum absolute atomic E-state index is 13.4. The third-order valence-electron chi connectivity index (χ3n) is 7.15. The molecule has 1 fully saturated rings. The molecule has 5 aromatic rings. The molecular weight excluding hydrogens is 572 g/mol. The Morgan fingerprint density at radius 3 is 2.27 bits per heavy atom. The second-order valence-corrected chi connectivity index (χ2v) is 12.1. The van der Waals surface area contributed by atoms with Crippen LogP contribution < -0.4 is 0 Å². The van der Waals surface area contributed by atoms with Gasteiger partial charge in [0, 0.05) is 36.6 Å². The minimum absolute atomic E-state index is 0.00828. The van der Waals surface area contributed by atoms with Gasteiger partial charge in [0.1, 0.15) is 16.5 Å². The van der Waals surface area contributed by atoms with Gasteiger partial charge in [-0.25, -0.2) is 4.98 Å². The summed E-state index contributed by atoms with van der Waals surface area (Å²) in [6, 6.07) is 29.0. The van der Waals surface area contributed by atoms with Gasteiger partial charge < -0.3 is 4.90 Å². The summed E-state index contributed by atoms with van der Waals surface area (Å²) in [6.07, 6.45) is 0. The largest absolute Gasteiger partial charge is 0.335 e. The SMILES string of the molecule is Cc1nnc(SCc2nc(C(=O)N3CCN(C(c4ccccc4)c4ccccc4)CC3)cs2)n1-c1cccc(Cl)c1. The van der Waals surface area contributed by atoms with E-state index in [0.717, 1.165) is 34.8 Å². The Hall–Kier alpha value is -3.50. The Kier molecular flexibility index (Phi) is 8.48. The molecule has 3 heterocycles. The standard InChI is InChI=1S/C31H29ClN6OS2/c1-22-34-35-31(38(22)26-14-8-13-25(32)19-26)41-21-28-33-27(20-40-28)30(39)37-17-15-36(16-18-37)29(23-9-4-2-5-10-23)24-11-6-3-7-12-24/h2-14,19-20,29H,15-18,21H2,1H3. The van der Waals surface area contributed by atoms with Crippen molar-refractivity contribution in [3.63, 3.8) is 0 Å². The lowest BCUT2D eigenvalue weighted by Crippen LogP contribution is -2.50. The molecule has 1 aliphatic rings. The molecule has 1 saturated heterocycles. The molecule has 41 heavy (non-hydrogen) atoms. The molecule has 0 spiro atoms. The van der Waals surface area contributed by atoms with Crippen molar-refractivity contribution in [3.8, 4) is 5.69 Å². The van der Waals surface area contributed by atoms with E-state index in [1.807, 2.05) is 58.2 Å². The van der Waals surface area contributed by atoms with Crippen LogP contribution in [-0.4, -0.2) is 61.6 Å². The monoisotopic (exact) mass is 600 g/mol. The summed E-state index contributed by atoms with van der Waals surface area (Å²) < 4.78 is 1.98. The van der Waals surface area contributed by atoms with Crippen LogP contribution >= 0.6 is 34.7 Å². The lowest BCUT2D eigenvalue weighted by Gasteiger charge is -2.39. The summed E-state index contributed by atoms with van der Waals surface area (Å²) in [6.45, 7) is 4.84. The Bertz CT molecular complexity index is 1580. The van der Waals surface area contributed by atoms with E-state index in [2.05, 4.69) is 68.6 Å². The number of amides is 1. The van der Waals surface area contributed by atoms with Crippen LogP contribution in [0.4, 0.5) is 0 Å². The molecule has 1 amide bonds. The minimum Gasteiger partial charge on any atom is -0.335 e. The van der Waals surface area contributed by atoms with Gasteiger partial charge in [-0.3, -0.25) is 14.3 Å². The van der Waals surface area contributed by atoms with E-state index < -0.39 is 0 Å². The van der Waals surface area contributed by atoms with Gasteiger partial charge in [-0.1, -0.05) is 90.1 Å². The Balaban J connectivity index is 1.09. The predicted molar refractivity (Wildman–Crippen MR) is 165 cm³/mol. The zero-order valence-electron chi connectivity index (χ0n) is 22.6. The third-order valence-corrected chi connectivity index (χ3v) is 9.36. The van der Waals surface area contributed by atoms with Crippen molar-refractivity contribution in [2.24, 2.45) is 0 Å². The molecule has 3 aromatic carbocycles. The van der Waals surface area contributed by atoms with Gasteiger partial charge in [0.2, 0.25) is 0 Å². The van der Waals surface area contributed by atoms with Crippen LogP contribution in [0.15, 0.2) is 95.5 Å². The van der Waals surface area contributed by atoms with Gasteiger partial charge in [0.25, 0.3) is 5.91 Å². The fourth-order valence-corrected chi connectivity index (χ4v) is 7.15. The smallest absolute Gasteiger partial charge is 0.273 e. The molecule has 0 aliphatic carbocycles. The summed E-state index contributed by atoms with van der Waals surface area (Å²) >= 11 is 9.26. The number of hydrogen-bond acceptors (Lipinski definition) is 7. The van der Waals surface area contributed by atoms with Crippen LogP contribution in [0, 0.1) is 6.92 Å². The van der Waals surface area contributed by atoms with E-state index in [4.69, 9.17) is 11.6 Å². The summed E-state index contributed by atoms with van der Waals surface area (Å²) in [7, 11) is 0. The quantitative estimate of drug-likeness (QED) is 0.189. The Morgan fingerprint density at radius 2 is 1.61 bits per heavy atom. The number of thioether (sulfide) groups is 1. The first-order valence-electron chi connectivity index (χ1n) is 13.5. The van der Waals surface area contributed by atoms with Crippen LogP contribution in [0.5, 0.6) is 0 Å². The second-order valence-electron chi connectivity index (χ2n) is 9.81. The van der Waals surface area contributed by atoms with Crippen LogP contribution in [0.2, 0.25) is 5.02 Å². The lowest BCUT2D eigenvalue weighted by atomic mass is 9.96. The number of rotatable bonds is 8. The molecule has 2 aromatic heterocycles. The highest BCUT2D eigenvalue weighted by atomic mass is 35.5. The molecule has 10 heteroatoms. The molecule has 1 aliphatic heterocycles. The van der Waals surface area contributed by atoms with Crippen molar-refractivity contribution in [1.82, 2.24) is 29.5 Å². The number of hydrogen-bond donors (Lipinski definition) is 0. The van der Waals surface area contributed by atoms with E-state index in [1.165, 1.54) is 22.5 Å². The molecule has 0 saturated carbocycles. The first-order valence-corrected chi connectivity index (χ1v) is 15.7. The minimum atomic E-state index is -0.00828. The average molecular weight is 601 g/mol. The van der Waals surface area contributed by atoms with E-state index in [0.29, 0.717) is 29.6 Å². The van der Waals surface area contributed by atoms with Gasteiger partial charge in [-0.05, 0) is 36.2 Å². The molecule has 0 bridgehead atoms. The lowest BCUT2D eigenvalue weighted by molar-refractivity contribution is 0.0592. The fourth-order valence-electron chi connectivity index (χ4n) is 5.18. The number of aryl methyl sites for hydroxylation is 1. The number of aromatic nitrogens is 4. The van der Waals surface area contributed by atoms with Crippen molar-refractivity contribution < 1.29 is 4.79 Å². The first-order chi connectivity index (χ1) is 20.1. The van der Waals surface area contributed by atoms with Crippen molar-refractivity contribution >= 4 is 40.6 Å². The first kappa shape index (κ1) is 27.7. The number of piperazine rings is 1. The number of thiazole rings is 1. The molecule has 0 unspecified atom stereocenters. The molecule has 0 N–H and O–H groups in total. The van der Waals surface area contributed by atoms with Crippen molar-refractivity contribution in [2.75, 3.05) is 26.2 Å². The summed E-state index contributed by atoms with van der Waals surface area (Å²) in [5.41, 5.74) is 3.95. The summed E-state index contributed by atoms with van der Waals surface area (Å²) in [5, 5.41) is 12.8. The van der Waals surface area contributed by atoms with Crippen LogP contribution in [0.25, 0.3) is 5.69 Å². The number of halogens is 1. The third kappa shape index (κ3) is 6.23. The van der Waals surface area contributed by atoms with Gasteiger partial charge >= 0.3 is 0 Å². The Morgan fingerprint density at radius 1 is 0.927 bits per heavy atom. The normalized spacial score (nSPS) is 14.1. The molecule has 0 atom stereocenters. The molecular formula is C31H29ClN6OS2. The zero-order chi connectivity index (χ0) is 28.2. The molecule has 0 radical (unpaired) electrons. The number of carbonyl (C=O) groups is 1. The highest BCUT2D eigenvalue weighted by molar-refractivity contribution is 7.98. The topological polar surface area (TPSA) is 67.2 Å². The molecule has 7 nitrogen and oxygen atoms in total. The van der Waals surface area contributed by atoms with Crippen molar-refractivity contribution in [2.45, 2.75) is 23.9 Å². The van der Waals surface area contributed by atoms with Crippen LogP contribution in [-0.2, 0) is 5.75 Å². The zero-order valence-corrected chi connectivity index (χ0v) is 24.9. The maximum Gasteiger partial charge on any atom is 0.273 e. The highest BCUT2D eigenvalue weighted by Crippen LogP contribution is 2.30. The average Bonchev–Trinajstić information content (AvgIpc) is 3.64. The summed E-state index contributed by atoms with van der Waals surface area (Å²) in [4.78, 5) is 22.5. The van der Waals surface area contributed by atoms with Gasteiger partial charge in [-0.15, -0.1) is 21.5 Å². The summed E-state index contributed by atoms with van der Waals surface area (Å²) in [5.74, 6) is 1.37. The van der Waals surface area contributed by atoms with Gasteiger partial charge in [0.05, 0.1) is 17.5 Å². The molecule has 6 rings (SSSR count). The van der Waals surface area contributed by atoms with E-state index in [9.17, 15) is 4.79 Å². The van der Waals surface area contributed by atoms with Crippen LogP contribution in [0.1, 0.15) is 38.5 Å². The second kappa shape index (κ2) is 12.6. The van der Waals surface area contributed by atoms with E-state index in [1.54, 1.807) is 11.8 Å². The number of nitrogens with zero attached hydrogens (tertiary/aromatic N) is 6. The number of carbonyl (C=O) groups excluding carboxylic acids is 1. The maximum atomic E-state index is 13.4. The van der Waals surface area contributed by atoms with E-state index in [-0.39, 0.29) is 11.9 Å². The predicted octanol–water partition coefficient (Wildman–Crippen LogP) is 6.53. The molecule has 208 valence electrons. The van der Waals surface area contributed by atoms with E-state index >= 15 is 0 Å². The van der Waals surface area contributed by atoms with Gasteiger partial charge in [-0.2, -0.15) is 0 Å². The Labute approximate surface area is 252 Å². The van der Waals surface area contributed by atoms with Crippen LogP contribution in [0.3, 0.4) is 0 Å².